The Morgan fingerprint density at radius 2 is 1.93 bits per heavy atom. The van der Waals surface area contributed by atoms with Gasteiger partial charge in [-0.15, -0.1) is 0 Å². The third-order valence-electron chi connectivity index (χ3n) is 1.64. The topological polar surface area (TPSA) is 63.3 Å². The van der Waals surface area contributed by atoms with Gasteiger partial charge in [-0.05, 0) is 12.1 Å². The fraction of sp³-hybridized carbons (Fsp3) is 0.125. The number of carboxylic acids is 1. The van der Waals surface area contributed by atoms with Crippen molar-refractivity contribution in [1.82, 2.24) is 0 Å². The van der Waals surface area contributed by atoms with E-state index in [4.69, 9.17) is 22.4 Å². The summed E-state index contributed by atoms with van der Waals surface area (Å²) in [6.45, 7) is 0. The van der Waals surface area contributed by atoms with Crippen LogP contribution < -0.4 is 5.73 Å². The van der Waals surface area contributed by atoms with Crippen LogP contribution >= 0.6 is 11.6 Å². The molecule has 0 aromatic heterocycles. The molecule has 0 radical (unpaired) electrons. The van der Waals surface area contributed by atoms with E-state index in [1.165, 1.54) is 0 Å². The van der Waals surface area contributed by atoms with E-state index in [0.29, 0.717) is 12.1 Å². The Kier molecular flexibility index (Phi) is 3.03. The van der Waals surface area contributed by atoms with Gasteiger partial charge < -0.3 is 10.8 Å². The molecule has 0 saturated heterocycles. The maximum atomic E-state index is 12.7. The van der Waals surface area contributed by atoms with Crippen LogP contribution in [0.3, 0.4) is 0 Å². The first-order valence-corrected chi connectivity index (χ1v) is 3.94. The standard InChI is InChI=1S/C8H6ClF2NO2/c9-4-2-6(11)5(10)1-3(4)7(12)8(13)14/h1-2,7H,12H2,(H,13,14). The Hall–Kier alpha value is -1.20. The van der Waals surface area contributed by atoms with Gasteiger partial charge in [0.2, 0.25) is 0 Å². The van der Waals surface area contributed by atoms with Crippen molar-refractivity contribution in [3.8, 4) is 0 Å². The van der Waals surface area contributed by atoms with Gasteiger partial charge in [0.05, 0.1) is 0 Å². The zero-order chi connectivity index (χ0) is 10.9. The summed E-state index contributed by atoms with van der Waals surface area (Å²) in [6.07, 6.45) is 0. The molecule has 0 aliphatic carbocycles. The molecule has 0 spiro atoms. The minimum atomic E-state index is -1.46. The number of halogens is 3. The van der Waals surface area contributed by atoms with Crippen molar-refractivity contribution in [2.45, 2.75) is 6.04 Å². The maximum Gasteiger partial charge on any atom is 0.325 e. The summed E-state index contributed by atoms with van der Waals surface area (Å²) in [4.78, 5) is 10.4. The summed E-state index contributed by atoms with van der Waals surface area (Å²) in [7, 11) is 0. The average molecular weight is 222 g/mol. The molecule has 1 rings (SSSR count). The van der Waals surface area contributed by atoms with E-state index in [1.807, 2.05) is 0 Å². The highest BCUT2D eigenvalue weighted by Crippen LogP contribution is 2.24. The smallest absolute Gasteiger partial charge is 0.325 e. The molecule has 0 amide bonds. The quantitative estimate of drug-likeness (QED) is 0.748. The van der Waals surface area contributed by atoms with Crippen LogP contribution in [0.5, 0.6) is 0 Å². The van der Waals surface area contributed by atoms with Gasteiger partial charge in [0, 0.05) is 10.6 Å². The number of benzene rings is 1. The third-order valence-corrected chi connectivity index (χ3v) is 1.97. The summed E-state index contributed by atoms with van der Waals surface area (Å²) in [6, 6.07) is -0.0940. The van der Waals surface area contributed by atoms with Gasteiger partial charge >= 0.3 is 5.97 Å². The molecule has 1 atom stereocenters. The molecule has 6 heteroatoms. The molecule has 0 fully saturated rings. The zero-order valence-corrected chi connectivity index (χ0v) is 7.55. The highest BCUT2D eigenvalue weighted by molar-refractivity contribution is 6.31. The van der Waals surface area contributed by atoms with Crippen molar-refractivity contribution in [3.05, 3.63) is 34.4 Å². The minimum absolute atomic E-state index is 0.155. The number of hydrogen-bond donors (Lipinski definition) is 2. The Labute approximate surface area is 83.1 Å². The Morgan fingerprint density at radius 1 is 1.43 bits per heavy atom. The van der Waals surface area contributed by atoms with Crippen molar-refractivity contribution >= 4 is 17.6 Å². The Balaban J connectivity index is 3.22. The number of carbonyl (C=O) groups is 1. The van der Waals surface area contributed by atoms with Crippen molar-refractivity contribution in [2.75, 3.05) is 0 Å². The maximum absolute atomic E-state index is 12.7. The van der Waals surface area contributed by atoms with Gasteiger partial charge in [0.25, 0.3) is 0 Å². The second kappa shape index (κ2) is 3.89. The second-order valence-electron chi connectivity index (χ2n) is 2.60. The van der Waals surface area contributed by atoms with Crippen LogP contribution in [0.2, 0.25) is 5.02 Å². The van der Waals surface area contributed by atoms with Crippen LogP contribution in [0, 0.1) is 11.6 Å². The molecule has 14 heavy (non-hydrogen) atoms. The lowest BCUT2D eigenvalue weighted by molar-refractivity contribution is -0.138. The molecule has 1 aromatic carbocycles. The normalized spacial score (nSPS) is 12.6. The number of aliphatic carboxylic acids is 1. The number of carboxylic acid groups (broad SMARTS) is 1. The van der Waals surface area contributed by atoms with Crippen molar-refractivity contribution in [3.63, 3.8) is 0 Å². The van der Waals surface area contributed by atoms with E-state index < -0.39 is 23.6 Å². The van der Waals surface area contributed by atoms with Crippen LogP contribution in [0.15, 0.2) is 12.1 Å². The molecule has 1 aromatic rings. The van der Waals surface area contributed by atoms with E-state index in [2.05, 4.69) is 0 Å². The monoisotopic (exact) mass is 221 g/mol. The van der Waals surface area contributed by atoms with Crippen LogP contribution in [0.25, 0.3) is 0 Å². The first kappa shape index (κ1) is 10.9. The molecular weight excluding hydrogens is 216 g/mol. The van der Waals surface area contributed by atoms with Gasteiger partial charge in [-0.1, -0.05) is 11.6 Å². The van der Waals surface area contributed by atoms with Crippen molar-refractivity contribution < 1.29 is 18.7 Å². The minimum Gasteiger partial charge on any atom is -0.480 e. The summed E-state index contributed by atoms with van der Waals surface area (Å²) in [5, 5.41) is 8.31. The molecule has 1 unspecified atom stereocenters. The van der Waals surface area contributed by atoms with Gasteiger partial charge in [-0.25, -0.2) is 8.78 Å². The molecular formula is C8H6ClF2NO2. The number of hydrogen-bond acceptors (Lipinski definition) is 2. The largest absolute Gasteiger partial charge is 0.480 e. The lowest BCUT2D eigenvalue weighted by atomic mass is 10.1. The van der Waals surface area contributed by atoms with Crippen LogP contribution in [-0.4, -0.2) is 11.1 Å². The average Bonchev–Trinajstić information content (AvgIpc) is 2.10. The van der Waals surface area contributed by atoms with Crippen LogP contribution in [-0.2, 0) is 4.79 Å². The van der Waals surface area contributed by atoms with E-state index in [0.717, 1.165) is 0 Å². The predicted molar refractivity (Wildman–Crippen MR) is 45.9 cm³/mol. The SMILES string of the molecule is NC(C(=O)O)c1cc(F)c(F)cc1Cl. The lowest BCUT2D eigenvalue weighted by Crippen LogP contribution is -2.21. The molecule has 0 heterocycles. The summed E-state index contributed by atoms with van der Waals surface area (Å²) >= 11 is 5.49. The molecule has 0 bridgehead atoms. The predicted octanol–water partition coefficient (Wildman–Crippen LogP) is 1.70. The van der Waals surface area contributed by atoms with E-state index >= 15 is 0 Å². The highest BCUT2D eigenvalue weighted by atomic mass is 35.5. The van der Waals surface area contributed by atoms with Crippen molar-refractivity contribution in [1.29, 1.82) is 0 Å². The molecule has 0 aliphatic heterocycles. The lowest BCUT2D eigenvalue weighted by Gasteiger charge is -2.09. The fourth-order valence-corrected chi connectivity index (χ4v) is 1.18. The van der Waals surface area contributed by atoms with E-state index in [1.54, 1.807) is 0 Å². The van der Waals surface area contributed by atoms with E-state index in [-0.39, 0.29) is 10.6 Å². The highest BCUT2D eigenvalue weighted by Gasteiger charge is 2.19. The van der Waals surface area contributed by atoms with Gasteiger partial charge in [0.15, 0.2) is 11.6 Å². The molecule has 0 aliphatic rings. The first-order valence-electron chi connectivity index (χ1n) is 3.56. The Morgan fingerprint density at radius 3 is 2.43 bits per heavy atom. The third kappa shape index (κ3) is 2.00. The second-order valence-corrected chi connectivity index (χ2v) is 3.01. The summed E-state index contributed by atoms with van der Waals surface area (Å²) < 4.78 is 25.3. The van der Waals surface area contributed by atoms with Crippen LogP contribution in [0.1, 0.15) is 11.6 Å². The fourth-order valence-electron chi connectivity index (χ4n) is 0.909. The summed E-state index contributed by atoms with van der Waals surface area (Å²) in [5.41, 5.74) is 5.03. The first-order chi connectivity index (χ1) is 6.43. The molecule has 3 N–H and O–H groups in total. The van der Waals surface area contributed by atoms with Crippen LogP contribution in [0.4, 0.5) is 8.78 Å². The van der Waals surface area contributed by atoms with E-state index in [9.17, 15) is 13.6 Å². The summed E-state index contributed by atoms with van der Waals surface area (Å²) in [5.74, 6) is -3.68. The molecule has 76 valence electrons. The zero-order valence-electron chi connectivity index (χ0n) is 6.80. The van der Waals surface area contributed by atoms with Gasteiger partial charge in [0.1, 0.15) is 6.04 Å². The van der Waals surface area contributed by atoms with Gasteiger partial charge in [-0.2, -0.15) is 0 Å². The number of nitrogens with two attached hydrogens (primary N) is 1. The Bertz CT molecular complexity index is 384. The van der Waals surface area contributed by atoms with Crippen molar-refractivity contribution in [2.24, 2.45) is 5.73 Å². The molecule has 3 nitrogen and oxygen atoms in total. The van der Waals surface area contributed by atoms with Gasteiger partial charge in [-0.3, -0.25) is 4.79 Å². The molecule has 0 saturated carbocycles. The number of rotatable bonds is 2.